The Kier molecular flexibility index (Phi) is 3.46. The SMILES string of the molecule is COc1ccc(C(=O)Cc2cnn(C)c2)cc1C. The fraction of sp³-hybridized carbons (Fsp3) is 0.286. The van der Waals surface area contributed by atoms with Gasteiger partial charge >= 0.3 is 0 Å². The van der Waals surface area contributed by atoms with Crippen LogP contribution >= 0.6 is 0 Å². The summed E-state index contributed by atoms with van der Waals surface area (Å²) in [5.74, 6) is 0.890. The first-order chi connectivity index (χ1) is 8.60. The zero-order chi connectivity index (χ0) is 13.1. The molecule has 0 amide bonds. The van der Waals surface area contributed by atoms with Crippen LogP contribution in [-0.4, -0.2) is 22.7 Å². The van der Waals surface area contributed by atoms with Crippen molar-refractivity contribution in [3.05, 3.63) is 47.3 Å². The second-order valence-corrected chi connectivity index (χ2v) is 4.31. The molecule has 0 aliphatic heterocycles. The van der Waals surface area contributed by atoms with Gasteiger partial charge in [-0.2, -0.15) is 5.10 Å². The lowest BCUT2D eigenvalue weighted by Gasteiger charge is -2.06. The third kappa shape index (κ3) is 2.59. The number of carbonyl (C=O) groups excluding carboxylic acids is 1. The van der Waals surface area contributed by atoms with Crippen LogP contribution in [0.3, 0.4) is 0 Å². The lowest BCUT2D eigenvalue weighted by atomic mass is 10.0. The molecule has 1 aromatic carbocycles. The van der Waals surface area contributed by atoms with E-state index >= 15 is 0 Å². The molecule has 2 aromatic rings. The van der Waals surface area contributed by atoms with E-state index in [0.29, 0.717) is 12.0 Å². The Morgan fingerprint density at radius 3 is 2.78 bits per heavy atom. The zero-order valence-electron chi connectivity index (χ0n) is 10.8. The molecule has 0 aliphatic rings. The minimum atomic E-state index is 0.0914. The van der Waals surface area contributed by atoms with Crippen LogP contribution in [0, 0.1) is 6.92 Å². The van der Waals surface area contributed by atoms with Gasteiger partial charge in [0.05, 0.1) is 13.3 Å². The van der Waals surface area contributed by atoms with Crippen molar-refractivity contribution in [2.75, 3.05) is 7.11 Å². The predicted octanol–water partition coefficient (Wildman–Crippen LogP) is 2.16. The summed E-state index contributed by atoms with van der Waals surface area (Å²) < 4.78 is 6.87. The number of nitrogens with zero attached hydrogens (tertiary/aromatic N) is 2. The van der Waals surface area contributed by atoms with Gasteiger partial charge in [0.2, 0.25) is 0 Å². The molecular formula is C14H16N2O2. The first kappa shape index (κ1) is 12.4. The van der Waals surface area contributed by atoms with Gasteiger partial charge in [0, 0.05) is 25.2 Å². The van der Waals surface area contributed by atoms with Crippen LogP contribution in [0.1, 0.15) is 21.5 Å². The van der Waals surface area contributed by atoms with Gasteiger partial charge in [0.1, 0.15) is 5.75 Å². The molecule has 4 heteroatoms. The third-order valence-electron chi connectivity index (χ3n) is 2.84. The van der Waals surface area contributed by atoms with Crippen molar-refractivity contribution in [2.24, 2.45) is 7.05 Å². The summed E-state index contributed by atoms with van der Waals surface area (Å²) in [7, 11) is 3.46. The first-order valence-corrected chi connectivity index (χ1v) is 5.75. The number of Topliss-reactive ketones (excluding diaryl/α,β-unsaturated/α-hetero) is 1. The Morgan fingerprint density at radius 1 is 1.44 bits per heavy atom. The van der Waals surface area contributed by atoms with Crippen LogP contribution < -0.4 is 4.74 Å². The van der Waals surface area contributed by atoms with Crippen LogP contribution in [0.25, 0.3) is 0 Å². The van der Waals surface area contributed by atoms with Crippen molar-refractivity contribution in [2.45, 2.75) is 13.3 Å². The lowest BCUT2D eigenvalue weighted by Crippen LogP contribution is -2.03. The van der Waals surface area contributed by atoms with Crippen LogP contribution in [-0.2, 0) is 13.5 Å². The number of benzene rings is 1. The van der Waals surface area contributed by atoms with E-state index in [1.807, 2.05) is 32.3 Å². The van der Waals surface area contributed by atoms with Crippen molar-refractivity contribution in [1.82, 2.24) is 9.78 Å². The Labute approximate surface area is 106 Å². The molecule has 1 heterocycles. The van der Waals surface area contributed by atoms with Crippen molar-refractivity contribution in [3.63, 3.8) is 0 Å². The van der Waals surface area contributed by atoms with Crippen molar-refractivity contribution < 1.29 is 9.53 Å². The lowest BCUT2D eigenvalue weighted by molar-refractivity contribution is 0.0993. The van der Waals surface area contributed by atoms with Gasteiger partial charge in [0.25, 0.3) is 0 Å². The van der Waals surface area contributed by atoms with Crippen LogP contribution in [0.15, 0.2) is 30.6 Å². The van der Waals surface area contributed by atoms with Crippen molar-refractivity contribution in [3.8, 4) is 5.75 Å². The minimum absolute atomic E-state index is 0.0914. The number of carbonyl (C=O) groups is 1. The molecule has 94 valence electrons. The number of rotatable bonds is 4. The average Bonchev–Trinajstić information content (AvgIpc) is 2.74. The number of aryl methyl sites for hydroxylation is 2. The Hall–Kier alpha value is -2.10. The quantitative estimate of drug-likeness (QED) is 0.774. The number of hydrogen-bond donors (Lipinski definition) is 0. The monoisotopic (exact) mass is 244 g/mol. The Bertz CT molecular complexity index is 573. The van der Waals surface area contributed by atoms with Gasteiger partial charge in [-0.15, -0.1) is 0 Å². The van der Waals surface area contributed by atoms with Gasteiger partial charge in [-0.25, -0.2) is 0 Å². The third-order valence-corrected chi connectivity index (χ3v) is 2.84. The van der Waals surface area contributed by atoms with Gasteiger partial charge in [-0.1, -0.05) is 0 Å². The highest BCUT2D eigenvalue weighted by Crippen LogP contribution is 2.19. The average molecular weight is 244 g/mol. The molecular weight excluding hydrogens is 228 g/mol. The maximum Gasteiger partial charge on any atom is 0.167 e. The van der Waals surface area contributed by atoms with E-state index in [-0.39, 0.29) is 5.78 Å². The summed E-state index contributed by atoms with van der Waals surface area (Å²) in [6, 6.07) is 5.48. The standard InChI is InChI=1S/C14H16N2O2/c1-10-6-12(4-5-14(10)18-3)13(17)7-11-8-15-16(2)9-11/h4-6,8-9H,7H2,1-3H3. The summed E-state index contributed by atoms with van der Waals surface area (Å²) in [6.07, 6.45) is 3.95. The molecule has 0 radical (unpaired) electrons. The first-order valence-electron chi connectivity index (χ1n) is 5.75. The van der Waals surface area contributed by atoms with Crippen LogP contribution in [0.2, 0.25) is 0 Å². The molecule has 0 unspecified atom stereocenters. The number of methoxy groups -OCH3 is 1. The summed E-state index contributed by atoms with van der Waals surface area (Å²) in [5, 5.41) is 4.05. The van der Waals surface area contributed by atoms with Crippen molar-refractivity contribution in [1.29, 1.82) is 0 Å². The number of ether oxygens (including phenoxy) is 1. The molecule has 4 nitrogen and oxygen atoms in total. The summed E-state index contributed by atoms with van der Waals surface area (Å²) >= 11 is 0. The summed E-state index contributed by atoms with van der Waals surface area (Å²) in [6.45, 7) is 1.93. The fourth-order valence-corrected chi connectivity index (χ4v) is 1.90. The molecule has 0 aliphatic carbocycles. The maximum absolute atomic E-state index is 12.1. The van der Waals surface area contributed by atoms with E-state index in [9.17, 15) is 4.79 Å². The fourth-order valence-electron chi connectivity index (χ4n) is 1.90. The summed E-state index contributed by atoms with van der Waals surface area (Å²) in [4.78, 5) is 12.1. The van der Waals surface area contributed by atoms with E-state index in [2.05, 4.69) is 5.10 Å². The summed E-state index contributed by atoms with van der Waals surface area (Å²) in [5.41, 5.74) is 2.60. The highest BCUT2D eigenvalue weighted by molar-refractivity contribution is 5.97. The van der Waals surface area contributed by atoms with Gasteiger partial charge in [-0.05, 0) is 36.2 Å². The van der Waals surface area contributed by atoms with Crippen LogP contribution in [0.5, 0.6) is 5.75 Å². The Balaban J connectivity index is 2.16. The van der Waals surface area contributed by atoms with Crippen LogP contribution in [0.4, 0.5) is 0 Å². The molecule has 0 atom stereocenters. The predicted molar refractivity (Wildman–Crippen MR) is 69.0 cm³/mol. The maximum atomic E-state index is 12.1. The highest BCUT2D eigenvalue weighted by Gasteiger charge is 2.10. The largest absolute Gasteiger partial charge is 0.496 e. The molecule has 2 rings (SSSR count). The van der Waals surface area contributed by atoms with Gasteiger partial charge < -0.3 is 4.74 Å². The molecule has 1 aromatic heterocycles. The molecule has 0 spiro atoms. The molecule has 0 N–H and O–H groups in total. The second-order valence-electron chi connectivity index (χ2n) is 4.31. The second kappa shape index (κ2) is 5.04. The number of ketones is 1. The van der Waals surface area contributed by atoms with Gasteiger partial charge in [0.15, 0.2) is 5.78 Å². The molecule has 0 saturated heterocycles. The topological polar surface area (TPSA) is 44.1 Å². The highest BCUT2D eigenvalue weighted by atomic mass is 16.5. The Morgan fingerprint density at radius 2 is 2.22 bits per heavy atom. The zero-order valence-corrected chi connectivity index (χ0v) is 10.8. The van der Waals surface area contributed by atoms with Gasteiger partial charge in [-0.3, -0.25) is 9.48 Å². The van der Waals surface area contributed by atoms with E-state index in [1.54, 1.807) is 24.1 Å². The smallest absolute Gasteiger partial charge is 0.167 e. The normalized spacial score (nSPS) is 10.4. The molecule has 18 heavy (non-hydrogen) atoms. The van der Waals surface area contributed by atoms with E-state index < -0.39 is 0 Å². The molecule has 0 fully saturated rings. The van der Waals surface area contributed by atoms with E-state index in [4.69, 9.17) is 4.74 Å². The van der Waals surface area contributed by atoms with E-state index in [0.717, 1.165) is 16.9 Å². The number of aromatic nitrogens is 2. The molecule has 0 saturated carbocycles. The number of hydrogen-bond acceptors (Lipinski definition) is 3. The van der Waals surface area contributed by atoms with Crippen molar-refractivity contribution >= 4 is 5.78 Å². The van der Waals surface area contributed by atoms with E-state index in [1.165, 1.54) is 0 Å². The minimum Gasteiger partial charge on any atom is -0.496 e. The molecule has 0 bridgehead atoms.